The van der Waals surface area contributed by atoms with Crippen molar-refractivity contribution < 1.29 is 0 Å². The molecule has 84 valence electrons. The van der Waals surface area contributed by atoms with E-state index in [-0.39, 0.29) is 0 Å². The van der Waals surface area contributed by atoms with Gasteiger partial charge in [0.25, 0.3) is 0 Å². The van der Waals surface area contributed by atoms with Crippen molar-refractivity contribution in [3.8, 4) is 0 Å². The molecule has 0 spiro atoms. The van der Waals surface area contributed by atoms with E-state index >= 15 is 0 Å². The summed E-state index contributed by atoms with van der Waals surface area (Å²) < 4.78 is 0. The average molecular weight is 199 g/mol. The largest absolute Gasteiger partial charge is 0.330 e. The molecular weight excluding hydrogens is 174 g/mol. The zero-order valence-corrected chi connectivity index (χ0v) is 9.54. The third-order valence-corrected chi connectivity index (χ3v) is 3.06. The maximum Gasteiger partial charge on any atom is 0.0109 e. The minimum Gasteiger partial charge on any atom is -0.330 e. The lowest BCUT2D eigenvalue weighted by Gasteiger charge is -2.20. The number of nitrogens with two attached hydrogens (primary N) is 1. The minimum absolute atomic E-state index is 0.842. The standard InChI is InChI=1S/C11H25N3/c1-2-13-8-5-9-14(11-10-13)7-4-3-6-12/h2-12H2,1H3. The summed E-state index contributed by atoms with van der Waals surface area (Å²) in [6.45, 7) is 10.6. The molecule has 1 heterocycles. The highest BCUT2D eigenvalue weighted by Gasteiger charge is 2.12. The fraction of sp³-hybridized carbons (Fsp3) is 1.00. The zero-order valence-electron chi connectivity index (χ0n) is 9.54. The van der Waals surface area contributed by atoms with Crippen LogP contribution in [0.15, 0.2) is 0 Å². The normalized spacial score (nSPS) is 21.0. The van der Waals surface area contributed by atoms with Gasteiger partial charge in [-0.2, -0.15) is 0 Å². The van der Waals surface area contributed by atoms with E-state index in [1.165, 1.54) is 58.5 Å². The number of unbranched alkanes of at least 4 members (excludes halogenated alkanes) is 1. The van der Waals surface area contributed by atoms with E-state index in [1.807, 2.05) is 0 Å². The molecule has 0 aromatic carbocycles. The first-order valence-electron chi connectivity index (χ1n) is 6.01. The summed E-state index contributed by atoms with van der Waals surface area (Å²) in [5, 5.41) is 0. The molecule has 0 bridgehead atoms. The smallest absolute Gasteiger partial charge is 0.0109 e. The second-order valence-corrected chi connectivity index (χ2v) is 4.13. The Morgan fingerprint density at radius 3 is 2.43 bits per heavy atom. The second-order valence-electron chi connectivity index (χ2n) is 4.13. The van der Waals surface area contributed by atoms with E-state index in [2.05, 4.69) is 16.7 Å². The molecule has 0 aromatic heterocycles. The average Bonchev–Trinajstić information content (AvgIpc) is 2.43. The Bertz CT molecular complexity index is 138. The molecule has 3 heteroatoms. The first-order chi connectivity index (χ1) is 6.86. The maximum absolute atomic E-state index is 5.49. The van der Waals surface area contributed by atoms with Gasteiger partial charge in [0, 0.05) is 13.1 Å². The van der Waals surface area contributed by atoms with E-state index in [9.17, 15) is 0 Å². The molecule has 0 saturated carbocycles. The number of nitrogens with zero attached hydrogens (tertiary/aromatic N) is 2. The first-order valence-corrected chi connectivity index (χ1v) is 6.01. The zero-order chi connectivity index (χ0) is 10.2. The molecule has 2 N–H and O–H groups in total. The van der Waals surface area contributed by atoms with Crippen molar-refractivity contribution in [2.45, 2.75) is 26.2 Å². The Kier molecular flexibility index (Phi) is 6.15. The van der Waals surface area contributed by atoms with Gasteiger partial charge in [-0.05, 0) is 52.0 Å². The van der Waals surface area contributed by atoms with E-state index < -0.39 is 0 Å². The molecule has 1 aliphatic rings. The lowest BCUT2D eigenvalue weighted by atomic mass is 10.3. The fourth-order valence-corrected chi connectivity index (χ4v) is 2.04. The molecular formula is C11H25N3. The van der Waals surface area contributed by atoms with Crippen LogP contribution in [0.5, 0.6) is 0 Å². The molecule has 1 fully saturated rings. The van der Waals surface area contributed by atoms with E-state index in [0.717, 1.165) is 6.54 Å². The van der Waals surface area contributed by atoms with E-state index in [0.29, 0.717) is 0 Å². The summed E-state index contributed by atoms with van der Waals surface area (Å²) in [6.07, 6.45) is 3.77. The molecule has 1 rings (SSSR count). The van der Waals surface area contributed by atoms with Crippen LogP contribution in [-0.4, -0.2) is 55.6 Å². The fourth-order valence-electron chi connectivity index (χ4n) is 2.04. The van der Waals surface area contributed by atoms with Crippen LogP contribution in [-0.2, 0) is 0 Å². The molecule has 0 atom stereocenters. The van der Waals surface area contributed by atoms with Crippen molar-refractivity contribution in [2.75, 3.05) is 45.8 Å². The summed E-state index contributed by atoms with van der Waals surface area (Å²) in [5.74, 6) is 0. The third-order valence-electron chi connectivity index (χ3n) is 3.06. The van der Waals surface area contributed by atoms with Crippen LogP contribution >= 0.6 is 0 Å². The lowest BCUT2D eigenvalue weighted by Crippen LogP contribution is -2.31. The highest BCUT2D eigenvalue weighted by Crippen LogP contribution is 2.03. The summed E-state index contributed by atoms with van der Waals surface area (Å²) in [7, 11) is 0. The van der Waals surface area contributed by atoms with Crippen molar-refractivity contribution in [3.05, 3.63) is 0 Å². The van der Waals surface area contributed by atoms with Crippen molar-refractivity contribution in [1.82, 2.24) is 9.80 Å². The van der Waals surface area contributed by atoms with Crippen molar-refractivity contribution >= 4 is 0 Å². The van der Waals surface area contributed by atoms with Gasteiger partial charge in [-0.25, -0.2) is 0 Å². The summed E-state index contributed by atoms with van der Waals surface area (Å²) in [4.78, 5) is 5.13. The monoisotopic (exact) mass is 199 g/mol. The van der Waals surface area contributed by atoms with Gasteiger partial charge in [0.05, 0.1) is 0 Å². The topological polar surface area (TPSA) is 32.5 Å². The van der Waals surface area contributed by atoms with Crippen LogP contribution in [0.3, 0.4) is 0 Å². The lowest BCUT2D eigenvalue weighted by molar-refractivity contribution is 0.260. The molecule has 3 nitrogen and oxygen atoms in total. The molecule has 1 saturated heterocycles. The Morgan fingerprint density at radius 1 is 1.00 bits per heavy atom. The van der Waals surface area contributed by atoms with Crippen LogP contribution in [0.2, 0.25) is 0 Å². The van der Waals surface area contributed by atoms with Crippen LogP contribution in [0.25, 0.3) is 0 Å². The van der Waals surface area contributed by atoms with Crippen LogP contribution < -0.4 is 5.73 Å². The predicted molar refractivity (Wildman–Crippen MR) is 61.5 cm³/mol. The SMILES string of the molecule is CCN1CCCN(CCCCN)CC1. The molecule has 0 radical (unpaired) electrons. The molecule has 1 aliphatic heterocycles. The maximum atomic E-state index is 5.49. The predicted octanol–water partition coefficient (Wildman–Crippen LogP) is 0.753. The van der Waals surface area contributed by atoms with Crippen molar-refractivity contribution in [3.63, 3.8) is 0 Å². The molecule has 14 heavy (non-hydrogen) atoms. The first kappa shape index (κ1) is 12.0. The van der Waals surface area contributed by atoms with Gasteiger partial charge in [0.15, 0.2) is 0 Å². The highest BCUT2D eigenvalue weighted by molar-refractivity contribution is 4.68. The molecule has 0 aliphatic carbocycles. The van der Waals surface area contributed by atoms with Gasteiger partial charge < -0.3 is 15.5 Å². The van der Waals surface area contributed by atoms with Gasteiger partial charge in [-0.3, -0.25) is 0 Å². The van der Waals surface area contributed by atoms with Gasteiger partial charge in [0.2, 0.25) is 0 Å². The highest BCUT2D eigenvalue weighted by atomic mass is 15.2. The van der Waals surface area contributed by atoms with Crippen molar-refractivity contribution in [2.24, 2.45) is 5.73 Å². The molecule has 0 amide bonds. The Balaban J connectivity index is 2.14. The van der Waals surface area contributed by atoms with Gasteiger partial charge in [-0.1, -0.05) is 6.92 Å². The van der Waals surface area contributed by atoms with Crippen LogP contribution in [0, 0.1) is 0 Å². The summed E-state index contributed by atoms with van der Waals surface area (Å²) in [5.41, 5.74) is 5.49. The van der Waals surface area contributed by atoms with Gasteiger partial charge in [-0.15, -0.1) is 0 Å². The third kappa shape index (κ3) is 4.40. The van der Waals surface area contributed by atoms with Gasteiger partial charge >= 0.3 is 0 Å². The number of hydrogen-bond acceptors (Lipinski definition) is 3. The summed E-state index contributed by atoms with van der Waals surface area (Å²) in [6, 6.07) is 0. The van der Waals surface area contributed by atoms with E-state index in [4.69, 9.17) is 5.73 Å². The molecule has 0 unspecified atom stereocenters. The van der Waals surface area contributed by atoms with Gasteiger partial charge in [0.1, 0.15) is 0 Å². The van der Waals surface area contributed by atoms with E-state index in [1.54, 1.807) is 0 Å². The Morgan fingerprint density at radius 2 is 1.71 bits per heavy atom. The summed E-state index contributed by atoms with van der Waals surface area (Å²) >= 11 is 0. The quantitative estimate of drug-likeness (QED) is 0.663. The number of rotatable bonds is 5. The van der Waals surface area contributed by atoms with Crippen LogP contribution in [0.1, 0.15) is 26.2 Å². The van der Waals surface area contributed by atoms with Crippen molar-refractivity contribution in [1.29, 1.82) is 0 Å². The van der Waals surface area contributed by atoms with Crippen LogP contribution in [0.4, 0.5) is 0 Å². The number of likely N-dealkylation sites (N-methyl/N-ethyl adjacent to an activating group) is 1. The molecule has 0 aromatic rings. The Hall–Kier alpha value is -0.120. The number of hydrogen-bond donors (Lipinski definition) is 1. The minimum atomic E-state index is 0.842. The Labute approximate surface area is 88.2 Å². The second kappa shape index (κ2) is 7.21.